The predicted molar refractivity (Wildman–Crippen MR) is 147 cm³/mol. The lowest BCUT2D eigenvalue weighted by molar-refractivity contribution is -0.236. The Hall–Kier alpha value is -1.06. The van der Waals surface area contributed by atoms with E-state index in [0.717, 1.165) is 17.3 Å². The molecule has 3 aliphatic heterocycles. The van der Waals surface area contributed by atoms with Crippen LogP contribution in [-0.4, -0.2) is 102 Å². The van der Waals surface area contributed by atoms with Crippen LogP contribution in [0.15, 0.2) is 0 Å². The van der Waals surface area contributed by atoms with Crippen molar-refractivity contribution < 1.29 is 46.4 Å². The molecule has 0 aromatic carbocycles. The van der Waals surface area contributed by atoms with Gasteiger partial charge in [0, 0.05) is 26.3 Å². The number of fused-ring (bicyclic) bond motifs is 1. The van der Waals surface area contributed by atoms with Crippen LogP contribution in [0, 0.1) is 0 Å². The lowest BCUT2D eigenvalue weighted by Crippen LogP contribution is -2.48. The Balaban J connectivity index is 1.29. The quantitative estimate of drug-likeness (QED) is 0.222. The van der Waals surface area contributed by atoms with Crippen LogP contribution >= 0.6 is 0 Å². The average molecular weight is 595 g/mol. The van der Waals surface area contributed by atoms with Gasteiger partial charge in [0.2, 0.25) is 0 Å². The van der Waals surface area contributed by atoms with Gasteiger partial charge in [0.1, 0.15) is 24.9 Å². The van der Waals surface area contributed by atoms with Crippen LogP contribution in [0.2, 0.25) is 0 Å². The van der Waals surface area contributed by atoms with Gasteiger partial charge in [0.15, 0.2) is 12.1 Å². The number of hydrogen-bond donors (Lipinski definition) is 1. The first-order chi connectivity index (χ1) is 19.2. The van der Waals surface area contributed by atoms with Crippen molar-refractivity contribution in [3.05, 3.63) is 0 Å². The van der Waals surface area contributed by atoms with Gasteiger partial charge in [0.25, 0.3) is 0 Å². The monoisotopic (exact) mass is 594 g/mol. The van der Waals surface area contributed by atoms with Crippen LogP contribution in [0.4, 0.5) is 4.79 Å². The van der Waals surface area contributed by atoms with Crippen molar-refractivity contribution in [1.82, 2.24) is 9.03 Å². The van der Waals surface area contributed by atoms with Gasteiger partial charge in [-0.05, 0) is 26.7 Å². The van der Waals surface area contributed by atoms with Crippen molar-refractivity contribution in [3.8, 4) is 0 Å². The molecule has 0 aromatic heterocycles. The van der Waals surface area contributed by atoms with Crippen molar-refractivity contribution in [2.75, 3.05) is 52.7 Å². The molecule has 0 radical (unpaired) electrons. The van der Waals surface area contributed by atoms with E-state index in [-0.39, 0.29) is 32.9 Å². The smallest absolute Gasteiger partial charge is 0.422 e. The van der Waals surface area contributed by atoms with Gasteiger partial charge >= 0.3 is 16.3 Å². The summed E-state index contributed by atoms with van der Waals surface area (Å²) >= 11 is 0. The maximum Gasteiger partial charge on any atom is 0.422 e. The molecule has 40 heavy (non-hydrogen) atoms. The number of hydrogen-bond acceptors (Lipinski definition) is 10. The van der Waals surface area contributed by atoms with Gasteiger partial charge < -0.3 is 33.2 Å². The third-order valence-electron chi connectivity index (χ3n) is 7.12. The van der Waals surface area contributed by atoms with E-state index in [1.165, 1.54) is 51.4 Å². The van der Waals surface area contributed by atoms with Crippen LogP contribution in [0.1, 0.15) is 85.0 Å². The third kappa shape index (κ3) is 11.3. The molecule has 1 amide bonds. The highest BCUT2D eigenvalue weighted by Gasteiger charge is 2.56. The van der Waals surface area contributed by atoms with E-state index in [2.05, 4.69) is 6.92 Å². The van der Waals surface area contributed by atoms with Crippen LogP contribution < -0.4 is 4.72 Å². The second kappa shape index (κ2) is 17.2. The van der Waals surface area contributed by atoms with Crippen LogP contribution in [0.3, 0.4) is 0 Å². The maximum atomic E-state index is 12.4. The van der Waals surface area contributed by atoms with Gasteiger partial charge in [-0.25, -0.2) is 9.52 Å². The Morgan fingerprint density at radius 1 is 0.900 bits per heavy atom. The number of carbonyl (C=O) groups excluding carboxylic acids is 1. The first-order valence-corrected chi connectivity index (χ1v) is 16.4. The Bertz CT molecular complexity index is 837. The van der Waals surface area contributed by atoms with E-state index in [1.807, 2.05) is 4.72 Å². The topological polar surface area (TPSA) is 131 Å². The van der Waals surface area contributed by atoms with Gasteiger partial charge in [0.05, 0.1) is 19.8 Å². The molecular formula is C27H50N2O10S. The van der Waals surface area contributed by atoms with E-state index in [4.69, 9.17) is 33.2 Å². The minimum atomic E-state index is -4.01. The first-order valence-electron chi connectivity index (χ1n) is 14.9. The minimum Gasteiger partial charge on any atom is -0.446 e. The summed E-state index contributed by atoms with van der Waals surface area (Å²) in [6.45, 7) is 8.28. The van der Waals surface area contributed by atoms with Gasteiger partial charge in [-0.3, -0.25) is 0 Å². The van der Waals surface area contributed by atoms with E-state index in [1.54, 1.807) is 13.8 Å². The zero-order valence-corrected chi connectivity index (χ0v) is 25.3. The number of morpholine rings is 1. The Morgan fingerprint density at radius 3 is 2.23 bits per heavy atom. The lowest BCUT2D eigenvalue weighted by Gasteiger charge is -2.26. The standard InChI is InChI=1S/C27H50N2O10S/c1-4-5-6-7-8-9-10-11-12-16-33-17-13-18-35-25-24-23(38-27(2,3)39-24)22(37-25)21-36-26(30)28-40(31,32)29-14-19-34-20-15-29/h22-25H,4-21H2,1-3H3,(H,28,30)/t22-,23+,24+,25-/m1/s1. The molecule has 0 aromatic rings. The highest BCUT2D eigenvalue weighted by molar-refractivity contribution is 7.87. The predicted octanol–water partition coefficient (Wildman–Crippen LogP) is 3.49. The zero-order valence-electron chi connectivity index (χ0n) is 24.5. The second-order valence-electron chi connectivity index (χ2n) is 11.0. The first kappa shape index (κ1) is 33.4. The van der Waals surface area contributed by atoms with Crippen molar-refractivity contribution in [2.45, 2.75) is 115 Å². The zero-order chi connectivity index (χ0) is 28.8. The number of rotatable bonds is 19. The normalized spacial score (nSPS) is 26.6. The Morgan fingerprint density at radius 2 is 1.52 bits per heavy atom. The molecule has 0 spiro atoms. The molecule has 1 N–H and O–H groups in total. The summed E-state index contributed by atoms with van der Waals surface area (Å²) in [7, 11) is -4.01. The lowest BCUT2D eigenvalue weighted by atomic mass is 10.1. The van der Waals surface area contributed by atoms with E-state index >= 15 is 0 Å². The van der Waals surface area contributed by atoms with Gasteiger partial charge in [-0.2, -0.15) is 12.7 Å². The van der Waals surface area contributed by atoms with Crippen molar-refractivity contribution in [3.63, 3.8) is 0 Å². The average Bonchev–Trinajstić information content (AvgIpc) is 3.40. The second-order valence-corrected chi connectivity index (χ2v) is 12.7. The molecule has 3 heterocycles. The molecule has 0 bridgehead atoms. The summed E-state index contributed by atoms with van der Waals surface area (Å²) in [5.74, 6) is -0.848. The summed E-state index contributed by atoms with van der Waals surface area (Å²) in [4.78, 5) is 12.2. The van der Waals surface area contributed by atoms with Crippen molar-refractivity contribution in [2.24, 2.45) is 0 Å². The van der Waals surface area contributed by atoms with E-state index in [0.29, 0.717) is 19.6 Å². The largest absolute Gasteiger partial charge is 0.446 e. The number of carbonyl (C=O) groups is 1. The minimum absolute atomic E-state index is 0.168. The number of unbranched alkanes of at least 4 members (excludes halogenated alkanes) is 8. The van der Waals surface area contributed by atoms with Crippen LogP contribution in [0.5, 0.6) is 0 Å². The number of amides is 1. The fourth-order valence-electron chi connectivity index (χ4n) is 5.03. The molecule has 3 aliphatic rings. The molecule has 0 unspecified atom stereocenters. The van der Waals surface area contributed by atoms with Crippen molar-refractivity contribution >= 4 is 16.3 Å². The van der Waals surface area contributed by atoms with Gasteiger partial charge in [-0.1, -0.05) is 58.3 Å². The summed E-state index contributed by atoms with van der Waals surface area (Å²) in [5.41, 5.74) is 0. The van der Waals surface area contributed by atoms with Gasteiger partial charge in [-0.15, -0.1) is 0 Å². The number of nitrogens with zero attached hydrogens (tertiary/aromatic N) is 1. The molecule has 4 atom stereocenters. The molecule has 3 saturated heterocycles. The summed E-state index contributed by atoms with van der Waals surface area (Å²) in [5, 5.41) is 0. The highest BCUT2D eigenvalue weighted by Crippen LogP contribution is 2.39. The number of ether oxygens (including phenoxy) is 7. The number of nitrogens with one attached hydrogen (secondary N) is 1. The Kier molecular flexibility index (Phi) is 14.3. The molecule has 234 valence electrons. The van der Waals surface area contributed by atoms with Crippen LogP contribution in [0.25, 0.3) is 0 Å². The molecule has 12 nitrogen and oxygen atoms in total. The summed E-state index contributed by atoms with van der Waals surface area (Å²) in [6.07, 6.45) is 8.81. The molecule has 0 saturated carbocycles. The molecule has 0 aliphatic carbocycles. The SMILES string of the molecule is CCCCCCCCCCCOCCCO[C@@H]1O[C@H](COC(=O)NS(=O)(=O)N2CCOCC2)[C@@H]2OC(C)(C)O[C@H]12. The fraction of sp³-hybridized carbons (Fsp3) is 0.963. The maximum absolute atomic E-state index is 12.4. The summed E-state index contributed by atoms with van der Waals surface area (Å²) < 4.78 is 67.7. The molecule has 13 heteroatoms. The van der Waals surface area contributed by atoms with Crippen molar-refractivity contribution in [1.29, 1.82) is 0 Å². The third-order valence-corrected chi connectivity index (χ3v) is 8.59. The summed E-state index contributed by atoms with van der Waals surface area (Å²) in [6, 6.07) is 0. The molecule has 3 fully saturated rings. The van der Waals surface area contributed by atoms with E-state index < -0.39 is 46.7 Å². The van der Waals surface area contributed by atoms with E-state index in [9.17, 15) is 13.2 Å². The Labute approximate surface area is 239 Å². The van der Waals surface area contributed by atoms with Crippen LogP contribution in [-0.2, 0) is 43.4 Å². The molecular weight excluding hydrogens is 544 g/mol. The highest BCUT2D eigenvalue weighted by atomic mass is 32.2. The molecule has 3 rings (SSSR count). The fourth-order valence-corrected chi connectivity index (χ4v) is 6.06.